The van der Waals surface area contributed by atoms with Gasteiger partial charge in [0.05, 0.1) is 22.7 Å². The van der Waals surface area contributed by atoms with Crippen LogP contribution in [0.3, 0.4) is 0 Å². The summed E-state index contributed by atoms with van der Waals surface area (Å²) in [6.45, 7) is 2.35. The number of anilines is 2. The lowest BCUT2D eigenvalue weighted by molar-refractivity contribution is -0.120. The van der Waals surface area contributed by atoms with Gasteiger partial charge >= 0.3 is 0 Å². The molecule has 0 spiro atoms. The summed E-state index contributed by atoms with van der Waals surface area (Å²) in [5.41, 5.74) is 1.36. The Morgan fingerprint density at radius 2 is 2.00 bits per heavy atom. The first-order chi connectivity index (χ1) is 13.5. The Morgan fingerprint density at radius 1 is 1.21 bits per heavy atom. The monoisotopic (exact) mass is 417 g/mol. The van der Waals surface area contributed by atoms with Gasteiger partial charge in [0.15, 0.2) is 0 Å². The fraction of sp³-hybridized carbons (Fsp3) is 0.250. The Bertz CT molecular complexity index is 919. The summed E-state index contributed by atoms with van der Waals surface area (Å²) >= 11 is 7.50. The van der Waals surface area contributed by atoms with E-state index in [1.54, 1.807) is 12.1 Å². The molecule has 0 saturated heterocycles. The molecule has 0 aromatic heterocycles. The Labute approximate surface area is 172 Å². The zero-order valence-corrected chi connectivity index (χ0v) is 16.9. The lowest BCUT2D eigenvalue weighted by atomic mass is 10.1. The van der Waals surface area contributed by atoms with Crippen LogP contribution >= 0.6 is 23.4 Å². The Kier molecular flexibility index (Phi) is 6.59. The van der Waals surface area contributed by atoms with Crippen LogP contribution in [0.5, 0.6) is 0 Å². The minimum absolute atomic E-state index is 0.133. The lowest BCUT2D eigenvalue weighted by Crippen LogP contribution is -2.41. The number of hydrogen-bond acceptors (Lipinski definition) is 4. The molecule has 3 rings (SSSR count). The van der Waals surface area contributed by atoms with Crippen LogP contribution < -0.4 is 15.5 Å². The van der Waals surface area contributed by atoms with Crippen molar-refractivity contribution in [3.05, 3.63) is 53.1 Å². The molecule has 1 aliphatic rings. The van der Waals surface area contributed by atoms with Crippen molar-refractivity contribution in [1.82, 2.24) is 5.32 Å². The van der Waals surface area contributed by atoms with Crippen molar-refractivity contribution in [1.29, 1.82) is 0 Å². The van der Waals surface area contributed by atoms with E-state index in [0.717, 1.165) is 11.3 Å². The van der Waals surface area contributed by atoms with E-state index in [2.05, 4.69) is 10.6 Å². The molecular formula is C20H20ClN3O3S. The van der Waals surface area contributed by atoms with Gasteiger partial charge in [-0.3, -0.25) is 14.4 Å². The molecule has 28 heavy (non-hydrogen) atoms. The molecule has 1 heterocycles. The van der Waals surface area contributed by atoms with Crippen molar-refractivity contribution in [3.8, 4) is 0 Å². The van der Waals surface area contributed by atoms with Gasteiger partial charge in [-0.1, -0.05) is 30.7 Å². The molecule has 2 aromatic carbocycles. The fourth-order valence-corrected chi connectivity index (χ4v) is 3.92. The number of thioether (sulfide) groups is 1. The third kappa shape index (κ3) is 4.66. The number of para-hydroxylation sites is 1. The predicted molar refractivity (Wildman–Crippen MR) is 112 cm³/mol. The number of nitrogens with zero attached hydrogens (tertiary/aromatic N) is 1. The number of carbonyl (C=O) groups excluding carboxylic acids is 3. The lowest BCUT2D eigenvalue weighted by Gasteiger charge is -2.28. The Morgan fingerprint density at radius 3 is 2.79 bits per heavy atom. The van der Waals surface area contributed by atoms with Crippen molar-refractivity contribution in [2.24, 2.45) is 0 Å². The quantitative estimate of drug-likeness (QED) is 0.753. The van der Waals surface area contributed by atoms with Crippen LogP contribution in [0.15, 0.2) is 47.4 Å². The zero-order chi connectivity index (χ0) is 20.1. The van der Waals surface area contributed by atoms with Crippen LogP contribution in [0.1, 0.15) is 23.7 Å². The van der Waals surface area contributed by atoms with Crippen molar-refractivity contribution in [2.45, 2.75) is 18.2 Å². The number of amides is 3. The first kappa shape index (κ1) is 20.2. The number of nitrogens with one attached hydrogen (secondary N) is 2. The molecule has 0 atom stereocenters. The minimum Gasteiger partial charge on any atom is -0.352 e. The van der Waals surface area contributed by atoms with E-state index in [9.17, 15) is 14.4 Å². The highest BCUT2D eigenvalue weighted by Crippen LogP contribution is 2.34. The van der Waals surface area contributed by atoms with Gasteiger partial charge in [-0.2, -0.15) is 0 Å². The SMILES string of the molecule is CCCNC(=O)c1ccc(Cl)cc1NC(=O)CN1C(=O)CSc2ccccc21. The van der Waals surface area contributed by atoms with Crippen LogP contribution in [0.2, 0.25) is 5.02 Å². The zero-order valence-electron chi connectivity index (χ0n) is 15.3. The molecule has 0 saturated carbocycles. The molecule has 2 N–H and O–H groups in total. The van der Waals surface area contributed by atoms with Crippen LogP contribution in [-0.2, 0) is 9.59 Å². The molecule has 8 heteroatoms. The minimum atomic E-state index is -0.401. The molecule has 2 aromatic rings. The summed E-state index contributed by atoms with van der Waals surface area (Å²) in [4.78, 5) is 39.7. The van der Waals surface area contributed by atoms with Crippen molar-refractivity contribution >= 4 is 52.5 Å². The van der Waals surface area contributed by atoms with Crippen LogP contribution in [0.4, 0.5) is 11.4 Å². The molecule has 3 amide bonds. The van der Waals surface area contributed by atoms with E-state index in [1.807, 2.05) is 31.2 Å². The molecule has 0 aliphatic carbocycles. The van der Waals surface area contributed by atoms with Crippen LogP contribution in [0.25, 0.3) is 0 Å². The summed E-state index contributed by atoms with van der Waals surface area (Å²) in [6.07, 6.45) is 0.801. The van der Waals surface area contributed by atoms with Crippen molar-refractivity contribution < 1.29 is 14.4 Å². The molecule has 0 fully saturated rings. The standard InChI is InChI=1S/C20H20ClN3O3S/c1-2-9-22-20(27)14-8-7-13(21)10-15(14)23-18(25)11-24-16-5-3-4-6-17(16)28-12-19(24)26/h3-8,10H,2,9,11-12H2,1H3,(H,22,27)(H,23,25). The number of halogens is 1. The number of hydrogen-bond donors (Lipinski definition) is 2. The van der Waals surface area contributed by atoms with Gasteiger partial charge < -0.3 is 15.5 Å². The second-order valence-corrected chi connectivity index (χ2v) is 7.68. The largest absolute Gasteiger partial charge is 0.352 e. The molecule has 6 nitrogen and oxygen atoms in total. The van der Waals surface area contributed by atoms with Gasteiger partial charge in [-0.15, -0.1) is 11.8 Å². The molecule has 0 unspecified atom stereocenters. The molecule has 0 bridgehead atoms. The Balaban J connectivity index is 1.78. The van der Waals surface area contributed by atoms with Crippen molar-refractivity contribution in [3.63, 3.8) is 0 Å². The summed E-state index contributed by atoms with van der Waals surface area (Å²) in [5.74, 6) is -0.538. The third-order valence-corrected chi connectivity index (χ3v) is 5.43. The number of fused-ring (bicyclic) bond motifs is 1. The maximum absolute atomic E-state index is 12.6. The van der Waals surface area contributed by atoms with E-state index >= 15 is 0 Å². The highest BCUT2D eigenvalue weighted by Gasteiger charge is 2.26. The summed E-state index contributed by atoms with van der Waals surface area (Å²) in [5, 5.41) is 5.91. The average Bonchev–Trinajstić information content (AvgIpc) is 2.68. The van der Waals surface area contributed by atoms with E-state index in [1.165, 1.54) is 22.7 Å². The maximum atomic E-state index is 12.6. The first-order valence-electron chi connectivity index (χ1n) is 8.89. The second kappa shape index (κ2) is 9.12. The summed E-state index contributed by atoms with van der Waals surface area (Å²) in [7, 11) is 0. The molecule has 146 valence electrons. The summed E-state index contributed by atoms with van der Waals surface area (Å²) in [6, 6.07) is 12.2. The average molecular weight is 418 g/mol. The van der Waals surface area contributed by atoms with Crippen molar-refractivity contribution in [2.75, 3.05) is 29.1 Å². The Hall–Kier alpha value is -2.51. The normalized spacial score (nSPS) is 13.1. The van der Waals surface area contributed by atoms with E-state index in [4.69, 9.17) is 11.6 Å². The van der Waals surface area contributed by atoms with Crippen LogP contribution in [-0.4, -0.2) is 36.6 Å². The molecule has 0 radical (unpaired) electrons. The van der Waals surface area contributed by atoms with Gasteiger partial charge in [-0.05, 0) is 36.8 Å². The smallest absolute Gasteiger partial charge is 0.253 e. The number of benzene rings is 2. The van der Waals surface area contributed by atoms with Gasteiger partial charge in [0, 0.05) is 16.5 Å². The van der Waals surface area contributed by atoms with Crippen LogP contribution in [0, 0.1) is 0 Å². The van der Waals surface area contributed by atoms with Gasteiger partial charge in [0.2, 0.25) is 11.8 Å². The highest BCUT2D eigenvalue weighted by atomic mass is 35.5. The van der Waals surface area contributed by atoms with E-state index in [0.29, 0.717) is 28.5 Å². The second-order valence-electron chi connectivity index (χ2n) is 6.23. The highest BCUT2D eigenvalue weighted by molar-refractivity contribution is 8.00. The van der Waals surface area contributed by atoms with E-state index < -0.39 is 5.91 Å². The predicted octanol–water partition coefficient (Wildman–Crippen LogP) is 3.56. The molecular weight excluding hydrogens is 398 g/mol. The van der Waals surface area contributed by atoms with Gasteiger partial charge in [0.25, 0.3) is 5.91 Å². The van der Waals surface area contributed by atoms with Gasteiger partial charge in [-0.25, -0.2) is 0 Å². The topological polar surface area (TPSA) is 78.5 Å². The first-order valence-corrected chi connectivity index (χ1v) is 10.3. The molecule has 1 aliphatic heterocycles. The van der Waals surface area contributed by atoms with Gasteiger partial charge in [0.1, 0.15) is 6.54 Å². The maximum Gasteiger partial charge on any atom is 0.253 e. The third-order valence-electron chi connectivity index (χ3n) is 4.15. The van der Waals surface area contributed by atoms with E-state index in [-0.39, 0.29) is 24.1 Å². The number of rotatable bonds is 6. The number of carbonyl (C=O) groups is 3. The fourth-order valence-electron chi connectivity index (χ4n) is 2.81. The summed E-state index contributed by atoms with van der Waals surface area (Å²) < 4.78 is 0.